The summed E-state index contributed by atoms with van der Waals surface area (Å²) < 4.78 is 0. The third-order valence-electron chi connectivity index (χ3n) is 3.13. The van der Waals surface area contributed by atoms with Gasteiger partial charge in [0.1, 0.15) is 11.8 Å². The minimum Gasteiger partial charge on any atom is -0.480 e. The number of aliphatic carboxylic acids is 1. The van der Waals surface area contributed by atoms with E-state index in [4.69, 9.17) is 5.73 Å². The Kier molecular flexibility index (Phi) is 4.22. The average molecular weight is 274 g/mol. The van der Waals surface area contributed by atoms with Crippen molar-refractivity contribution in [3.05, 3.63) is 54.1 Å². The van der Waals surface area contributed by atoms with E-state index in [1.54, 1.807) is 12.2 Å². The van der Waals surface area contributed by atoms with E-state index in [2.05, 4.69) is 5.32 Å². The Labute approximate surface area is 117 Å². The molecule has 20 heavy (non-hydrogen) atoms. The van der Waals surface area contributed by atoms with Gasteiger partial charge >= 0.3 is 5.97 Å². The highest BCUT2D eigenvalue weighted by Gasteiger charge is 2.22. The van der Waals surface area contributed by atoms with Crippen LogP contribution in [0.1, 0.15) is 12.8 Å². The minimum atomic E-state index is -1.32. The Bertz CT molecular complexity index is 535. The maximum Gasteiger partial charge on any atom is 0.326 e. The molecule has 0 bridgehead atoms. The van der Waals surface area contributed by atoms with Gasteiger partial charge in [-0.25, -0.2) is 4.79 Å². The number of hydrogen-bond donors (Lipinski definition) is 4. The van der Waals surface area contributed by atoms with Gasteiger partial charge in [-0.1, -0.05) is 30.4 Å². The zero-order valence-corrected chi connectivity index (χ0v) is 11.0. The standard InChI is InChI=1S/C15H18N2O3/c16-15(20)8-6-11(7-9-15)10-13(14(18)19)17-12-4-2-1-3-5-12/h1-8,13,17,20H,9-10,16H2,(H,18,19)/t13-,15?/m0/s1. The molecule has 2 rings (SSSR count). The summed E-state index contributed by atoms with van der Waals surface area (Å²) in [6, 6.07) is 8.47. The molecule has 106 valence electrons. The topological polar surface area (TPSA) is 95.6 Å². The quantitative estimate of drug-likeness (QED) is 0.610. The first-order valence-electron chi connectivity index (χ1n) is 6.40. The second-order valence-electron chi connectivity index (χ2n) is 4.91. The number of hydrogen-bond acceptors (Lipinski definition) is 4. The summed E-state index contributed by atoms with van der Waals surface area (Å²) >= 11 is 0. The molecule has 0 radical (unpaired) electrons. The third-order valence-corrected chi connectivity index (χ3v) is 3.13. The van der Waals surface area contributed by atoms with Crippen LogP contribution in [0.3, 0.4) is 0 Å². The molecule has 1 aliphatic rings. The normalized spacial score (nSPS) is 23.0. The Morgan fingerprint density at radius 3 is 2.65 bits per heavy atom. The van der Waals surface area contributed by atoms with Crippen LogP contribution in [0.5, 0.6) is 0 Å². The maximum atomic E-state index is 11.3. The Hall–Kier alpha value is -2.11. The SMILES string of the molecule is NC1(O)C=CC(C[C@H](Nc2ccccc2)C(=O)O)=CC1. The van der Waals surface area contributed by atoms with E-state index in [1.807, 2.05) is 30.3 Å². The molecule has 5 nitrogen and oxygen atoms in total. The number of rotatable bonds is 5. The number of nitrogens with one attached hydrogen (secondary N) is 1. The molecule has 1 aromatic rings. The van der Waals surface area contributed by atoms with Crippen molar-refractivity contribution in [1.29, 1.82) is 0 Å². The second kappa shape index (κ2) is 5.90. The van der Waals surface area contributed by atoms with E-state index in [-0.39, 0.29) is 6.42 Å². The summed E-state index contributed by atoms with van der Waals surface area (Å²) in [5.41, 5.74) is 5.83. The Morgan fingerprint density at radius 1 is 1.40 bits per heavy atom. The summed E-state index contributed by atoms with van der Waals surface area (Å²) in [4.78, 5) is 11.3. The number of aliphatic hydroxyl groups is 1. The summed E-state index contributed by atoms with van der Waals surface area (Å²) in [7, 11) is 0. The molecular formula is C15H18N2O3. The van der Waals surface area contributed by atoms with Gasteiger partial charge in [0, 0.05) is 18.5 Å². The lowest BCUT2D eigenvalue weighted by atomic mass is 9.96. The zero-order chi connectivity index (χ0) is 14.6. The van der Waals surface area contributed by atoms with Crippen molar-refractivity contribution in [2.45, 2.75) is 24.6 Å². The number of benzene rings is 1. The van der Waals surface area contributed by atoms with Crippen molar-refractivity contribution in [3.63, 3.8) is 0 Å². The molecular weight excluding hydrogens is 256 g/mol. The lowest BCUT2D eigenvalue weighted by Gasteiger charge is -2.23. The first-order valence-corrected chi connectivity index (χ1v) is 6.40. The largest absolute Gasteiger partial charge is 0.480 e. The summed E-state index contributed by atoms with van der Waals surface area (Å²) in [5, 5.41) is 21.8. The number of carbonyl (C=O) groups is 1. The molecule has 0 spiro atoms. The molecule has 0 saturated heterocycles. The van der Waals surface area contributed by atoms with Gasteiger partial charge in [0.05, 0.1) is 0 Å². The molecule has 1 unspecified atom stereocenters. The van der Waals surface area contributed by atoms with Gasteiger partial charge < -0.3 is 21.3 Å². The van der Waals surface area contributed by atoms with Crippen molar-refractivity contribution >= 4 is 11.7 Å². The van der Waals surface area contributed by atoms with Gasteiger partial charge in [-0.05, 0) is 23.8 Å². The molecule has 0 fully saturated rings. The lowest BCUT2D eigenvalue weighted by molar-refractivity contribution is -0.137. The van der Waals surface area contributed by atoms with Crippen LogP contribution in [-0.4, -0.2) is 27.9 Å². The number of nitrogens with two attached hydrogens (primary N) is 1. The van der Waals surface area contributed by atoms with Crippen molar-refractivity contribution in [3.8, 4) is 0 Å². The van der Waals surface area contributed by atoms with E-state index >= 15 is 0 Å². The van der Waals surface area contributed by atoms with Gasteiger partial charge in [0.2, 0.25) is 0 Å². The van der Waals surface area contributed by atoms with Crippen molar-refractivity contribution < 1.29 is 15.0 Å². The van der Waals surface area contributed by atoms with Crippen molar-refractivity contribution in [1.82, 2.24) is 0 Å². The van der Waals surface area contributed by atoms with Gasteiger partial charge in [0.25, 0.3) is 0 Å². The van der Waals surface area contributed by atoms with Crippen LogP contribution in [0.15, 0.2) is 54.1 Å². The van der Waals surface area contributed by atoms with E-state index in [1.165, 1.54) is 6.08 Å². The molecule has 0 aliphatic heterocycles. The molecule has 0 amide bonds. The van der Waals surface area contributed by atoms with Crippen LogP contribution in [0.25, 0.3) is 0 Å². The number of allylic oxidation sites excluding steroid dienone is 1. The lowest BCUT2D eigenvalue weighted by Crippen LogP contribution is -2.38. The fraction of sp³-hybridized carbons (Fsp3) is 0.267. The molecule has 0 saturated carbocycles. The molecule has 0 heterocycles. The second-order valence-corrected chi connectivity index (χ2v) is 4.91. The summed E-state index contributed by atoms with van der Waals surface area (Å²) in [5.74, 6) is -0.920. The first kappa shape index (κ1) is 14.3. The van der Waals surface area contributed by atoms with Crippen LogP contribution in [-0.2, 0) is 4.79 Å². The maximum absolute atomic E-state index is 11.3. The minimum absolute atomic E-state index is 0.288. The third kappa shape index (κ3) is 3.94. The fourth-order valence-electron chi connectivity index (χ4n) is 2.00. The smallest absolute Gasteiger partial charge is 0.326 e. The van der Waals surface area contributed by atoms with Crippen LogP contribution < -0.4 is 11.1 Å². The molecule has 5 N–H and O–H groups in total. The molecule has 2 atom stereocenters. The summed E-state index contributed by atoms with van der Waals surface area (Å²) in [6.45, 7) is 0. The molecule has 1 aliphatic carbocycles. The van der Waals surface area contributed by atoms with Crippen LogP contribution >= 0.6 is 0 Å². The van der Waals surface area contributed by atoms with E-state index in [9.17, 15) is 15.0 Å². The van der Waals surface area contributed by atoms with Crippen LogP contribution in [0.4, 0.5) is 5.69 Å². The van der Waals surface area contributed by atoms with E-state index in [0.29, 0.717) is 6.42 Å². The van der Waals surface area contributed by atoms with Crippen LogP contribution in [0, 0.1) is 0 Å². The fourth-order valence-corrected chi connectivity index (χ4v) is 2.00. The Balaban J connectivity index is 2.03. The van der Waals surface area contributed by atoms with E-state index in [0.717, 1.165) is 11.3 Å². The molecule has 0 aromatic heterocycles. The predicted octanol–water partition coefficient (Wildman–Crippen LogP) is 1.48. The average Bonchev–Trinajstić information content (AvgIpc) is 2.41. The molecule has 5 heteroatoms. The summed E-state index contributed by atoms with van der Waals surface area (Å²) in [6.07, 6.45) is 5.55. The highest BCUT2D eigenvalue weighted by molar-refractivity contribution is 5.77. The van der Waals surface area contributed by atoms with Crippen LogP contribution in [0.2, 0.25) is 0 Å². The first-order chi connectivity index (χ1) is 9.46. The van der Waals surface area contributed by atoms with Gasteiger partial charge in [0.15, 0.2) is 0 Å². The molecule has 1 aromatic carbocycles. The van der Waals surface area contributed by atoms with Crippen molar-refractivity contribution in [2.24, 2.45) is 5.73 Å². The monoisotopic (exact) mass is 274 g/mol. The van der Waals surface area contributed by atoms with Gasteiger partial charge in [-0.3, -0.25) is 0 Å². The van der Waals surface area contributed by atoms with Gasteiger partial charge in [-0.2, -0.15) is 0 Å². The van der Waals surface area contributed by atoms with Gasteiger partial charge in [-0.15, -0.1) is 0 Å². The Morgan fingerprint density at radius 2 is 2.10 bits per heavy atom. The van der Waals surface area contributed by atoms with Crippen molar-refractivity contribution in [2.75, 3.05) is 5.32 Å². The number of carboxylic acid groups (broad SMARTS) is 1. The number of carboxylic acids is 1. The highest BCUT2D eigenvalue weighted by atomic mass is 16.4. The number of anilines is 1. The van der Waals surface area contributed by atoms with E-state index < -0.39 is 17.7 Å². The number of para-hydroxylation sites is 1. The highest BCUT2D eigenvalue weighted by Crippen LogP contribution is 2.21. The predicted molar refractivity (Wildman–Crippen MR) is 77.1 cm³/mol. The zero-order valence-electron chi connectivity index (χ0n) is 11.0.